The van der Waals surface area contributed by atoms with E-state index in [0.29, 0.717) is 5.92 Å². The Kier molecular flexibility index (Phi) is 4.19. The van der Waals surface area contributed by atoms with Gasteiger partial charge < -0.3 is 33.8 Å². The first kappa shape index (κ1) is 24.2. The molecule has 2 N–H and O–H groups in total. The molecule has 210 valence electrons. The molecule has 4 saturated heterocycles. The zero-order valence-electron chi connectivity index (χ0n) is 23.9. The maximum atomic E-state index is 13.1. The third kappa shape index (κ3) is 2.52. The number of nitrogens with one attached hydrogen (secondary N) is 1. The molecular weight excluding hydrogens is 494 g/mol. The fourth-order valence-electron chi connectivity index (χ4n) is 10.4. The van der Waals surface area contributed by atoms with Crippen LogP contribution in [0.4, 0.5) is 0 Å². The lowest BCUT2D eigenvalue weighted by atomic mass is 9.40. The summed E-state index contributed by atoms with van der Waals surface area (Å²) in [5, 5.41) is 14.5. The van der Waals surface area contributed by atoms with Crippen molar-refractivity contribution < 1.29 is 28.8 Å². The van der Waals surface area contributed by atoms with Crippen molar-refractivity contribution >= 4 is 10.9 Å². The average molecular weight is 536 g/mol. The molecule has 9 rings (SSSR count). The molecule has 6 fully saturated rings. The molecule has 7 aliphatic rings. The van der Waals surface area contributed by atoms with Gasteiger partial charge in [-0.05, 0) is 77.3 Å². The molecule has 0 bridgehead atoms. The van der Waals surface area contributed by atoms with Crippen molar-refractivity contribution in [2.24, 2.45) is 11.3 Å². The lowest BCUT2D eigenvalue weighted by Gasteiger charge is -2.66. The summed E-state index contributed by atoms with van der Waals surface area (Å²) >= 11 is 0. The van der Waals surface area contributed by atoms with Crippen LogP contribution in [-0.2, 0) is 35.5 Å². The first-order valence-electron chi connectivity index (χ1n) is 15.0. The van der Waals surface area contributed by atoms with Crippen LogP contribution < -0.4 is 0 Å². The van der Waals surface area contributed by atoms with Crippen LogP contribution in [0.3, 0.4) is 0 Å². The van der Waals surface area contributed by atoms with E-state index in [1.807, 2.05) is 0 Å². The van der Waals surface area contributed by atoms with Gasteiger partial charge >= 0.3 is 0 Å². The molecule has 1 aromatic heterocycles. The molecule has 2 saturated carbocycles. The van der Waals surface area contributed by atoms with E-state index in [0.717, 1.165) is 32.1 Å². The van der Waals surface area contributed by atoms with Crippen LogP contribution in [0.2, 0.25) is 0 Å². The van der Waals surface area contributed by atoms with Gasteiger partial charge in [0.15, 0.2) is 11.9 Å². The largest absolute Gasteiger partial charge is 0.386 e. The topological polar surface area (TPSA) is 88.8 Å². The number of aromatic nitrogens is 1. The van der Waals surface area contributed by atoms with Crippen LogP contribution in [0, 0.1) is 11.3 Å². The number of ether oxygens (including phenoxy) is 5. The van der Waals surface area contributed by atoms with Crippen molar-refractivity contribution in [2.45, 2.75) is 138 Å². The van der Waals surface area contributed by atoms with Gasteiger partial charge in [0.05, 0.1) is 17.3 Å². The quantitative estimate of drug-likeness (QED) is 0.522. The number of benzene rings is 1. The second kappa shape index (κ2) is 6.77. The predicted molar refractivity (Wildman–Crippen MR) is 143 cm³/mol. The van der Waals surface area contributed by atoms with E-state index in [1.165, 1.54) is 22.2 Å². The van der Waals surface area contributed by atoms with Crippen molar-refractivity contribution in [1.29, 1.82) is 0 Å². The predicted octanol–water partition coefficient (Wildman–Crippen LogP) is 4.53. The highest BCUT2D eigenvalue weighted by Gasteiger charge is 2.87. The zero-order valence-corrected chi connectivity index (χ0v) is 23.9. The van der Waals surface area contributed by atoms with Gasteiger partial charge in [-0.3, -0.25) is 0 Å². The molecule has 0 radical (unpaired) electrons. The molecule has 0 amide bonds. The first-order valence-corrected chi connectivity index (χ1v) is 15.0. The Bertz CT molecular complexity index is 1420. The molecule has 4 aliphatic heterocycles. The Labute approximate surface area is 229 Å². The molecule has 1 aromatic carbocycles. The Morgan fingerprint density at radius 3 is 2.36 bits per heavy atom. The molecular formula is C32H41NO6. The van der Waals surface area contributed by atoms with Crippen LogP contribution in [0.15, 0.2) is 24.3 Å². The number of para-hydroxylation sites is 1. The van der Waals surface area contributed by atoms with Crippen molar-refractivity contribution in [3.63, 3.8) is 0 Å². The second-order valence-electron chi connectivity index (χ2n) is 15.1. The van der Waals surface area contributed by atoms with E-state index in [2.05, 4.69) is 70.8 Å². The Hall–Kier alpha value is -1.48. The van der Waals surface area contributed by atoms with Gasteiger partial charge in [-0.25, -0.2) is 0 Å². The van der Waals surface area contributed by atoms with Gasteiger partial charge in [0, 0.05) is 27.4 Å². The first-order chi connectivity index (χ1) is 18.4. The van der Waals surface area contributed by atoms with Gasteiger partial charge in [0.2, 0.25) is 0 Å². The highest BCUT2D eigenvalue weighted by molar-refractivity contribution is 5.86. The fourth-order valence-corrected chi connectivity index (χ4v) is 10.4. The van der Waals surface area contributed by atoms with Gasteiger partial charge in [0.25, 0.3) is 0 Å². The van der Waals surface area contributed by atoms with Crippen molar-refractivity contribution in [2.75, 3.05) is 0 Å². The van der Waals surface area contributed by atoms with Gasteiger partial charge in [-0.15, -0.1) is 0 Å². The van der Waals surface area contributed by atoms with Crippen molar-refractivity contribution in [3.8, 4) is 0 Å². The number of rotatable bonds is 1. The monoisotopic (exact) mass is 535 g/mol. The van der Waals surface area contributed by atoms with Gasteiger partial charge in [-0.1, -0.05) is 32.0 Å². The maximum absolute atomic E-state index is 13.1. The fraction of sp³-hybridized carbons (Fsp3) is 0.750. The number of hydrogen-bond acceptors (Lipinski definition) is 6. The summed E-state index contributed by atoms with van der Waals surface area (Å²) in [7, 11) is 0. The number of fused-ring (bicyclic) bond motifs is 9. The number of epoxide rings is 2. The molecule has 5 heterocycles. The summed E-state index contributed by atoms with van der Waals surface area (Å²) in [5.74, 6) is 0.493. The van der Waals surface area contributed by atoms with E-state index in [4.69, 9.17) is 23.7 Å². The third-order valence-electron chi connectivity index (χ3n) is 12.8. The Morgan fingerprint density at radius 1 is 0.846 bits per heavy atom. The maximum Gasteiger partial charge on any atom is 0.187 e. The summed E-state index contributed by atoms with van der Waals surface area (Å²) in [6, 6.07) is 8.67. The highest BCUT2D eigenvalue weighted by Crippen LogP contribution is 2.75. The minimum atomic E-state index is -1.03. The average Bonchev–Trinajstić information content (AvgIpc) is 3.71. The Balaban J connectivity index is 1.13. The standard InChI is InChI=1S/C32H41NO6/c1-27(2)23-21(36-26(39-27)25-28(3,4)37-25)24-32(38-24)20(35-23)12-13-29(5)30(6)16(11-14-31(29,32)34)15-18-17-9-7-8-10-19(17)33-22(18)30/h7-10,16,20-21,23-26,33-34H,11-15H2,1-6H3/t16-,20-,21+,23-,24+,25+,26-,29+,30+,31-,32-/m1/s1. The van der Waals surface area contributed by atoms with Crippen LogP contribution in [0.5, 0.6) is 0 Å². The second-order valence-corrected chi connectivity index (χ2v) is 15.1. The minimum Gasteiger partial charge on any atom is -0.386 e. The normalized spacial score (nSPS) is 53.6. The lowest BCUT2D eigenvalue weighted by molar-refractivity contribution is -0.356. The third-order valence-corrected chi connectivity index (χ3v) is 12.8. The Morgan fingerprint density at radius 2 is 1.59 bits per heavy atom. The smallest absolute Gasteiger partial charge is 0.187 e. The lowest BCUT2D eigenvalue weighted by Crippen LogP contribution is -2.77. The van der Waals surface area contributed by atoms with E-state index < -0.39 is 23.1 Å². The van der Waals surface area contributed by atoms with Gasteiger partial charge in [0.1, 0.15) is 30.0 Å². The van der Waals surface area contributed by atoms with Crippen molar-refractivity contribution in [3.05, 3.63) is 35.5 Å². The minimum absolute atomic E-state index is 0.113. The summed E-state index contributed by atoms with van der Waals surface area (Å²) < 4.78 is 32.7. The molecule has 7 heteroatoms. The van der Waals surface area contributed by atoms with E-state index in [-0.39, 0.29) is 47.0 Å². The number of aromatic amines is 1. The van der Waals surface area contributed by atoms with Crippen molar-refractivity contribution in [1.82, 2.24) is 4.98 Å². The van der Waals surface area contributed by atoms with Crippen LogP contribution >= 0.6 is 0 Å². The molecule has 7 nitrogen and oxygen atoms in total. The molecule has 39 heavy (non-hydrogen) atoms. The molecule has 11 atom stereocenters. The number of hydrogen-bond donors (Lipinski definition) is 2. The summed E-state index contributed by atoms with van der Waals surface area (Å²) in [6.07, 6.45) is 2.96. The van der Waals surface area contributed by atoms with Crippen LogP contribution in [0.1, 0.15) is 78.5 Å². The molecule has 0 unspecified atom stereocenters. The summed E-state index contributed by atoms with van der Waals surface area (Å²) in [6.45, 7) is 13.1. The zero-order chi connectivity index (χ0) is 27.0. The van der Waals surface area contributed by atoms with Crippen LogP contribution in [0.25, 0.3) is 10.9 Å². The van der Waals surface area contributed by atoms with Crippen LogP contribution in [-0.4, -0.2) is 69.3 Å². The highest BCUT2D eigenvalue weighted by atomic mass is 16.8. The van der Waals surface area contributed by atoms with E-state index >= 15 is 0 Å². The molecule has 2 aromatic rings. The molecule has 3 aliphatic carbocycles. The number of aliphatic hydroxyl groups is 1. The SMILES string of the molecule is CC1(C)O[C@H]([C@@H]2OC2(C)C)O[C@H]2[C@H]1O[C@@H]1CC[C@]3(C)[C@](O)(CC[C@@H]4Cc5c([nH]c6ccccc56)[C@]43C)[C@@]13O[C@@H]23. The van der Waals surface area contributed by atoms with E-state index in [9.17, 15) is 5.11 Å². The van der Waals surface area contributed by atoms with E-state index in [1.54, 1.807) is 0 Å². The molecule has 1 spiro atoms. The summed E-state index contributed by atoms with van der Waals surface area (Å²) in [4.78, 5) is 3.84. The summed E-state index contributed by atoms with van der Waals surface area (Å²) in [5.41, 5.74) is 0.803. The number of H-pyrrole nitrogens is 1. The van der Waals surface area contributed by atoms with Gasteiger partial charge in [-0.2, -0.15) is 0 Å².